The highest BCUT2D eigenvalue weighted by Gasteiger charge is 2.25. The molecule has 4 nitrogen and oxygen atoms in total. The van der Waals surface area contributed by atoms with E-state index in [1.807, 2.05) is 37.3 Å². The van der Waals surface area contributed by atoms with Gasteiger partial charge in [0, 0.05) is 0 Å². The second-order valence-corrected chi connectivity index (χ2v) is 6.04. The number of cyclic esters (lactones) is 1. The molecule has 1 aliphatic heterocycles. The lowest BCUT2D eigenvalue weighted by Crippen LogP contribution is -2.05. The maximum atomic E-state index is 12.1. The van der Waals surface area contributed by atoms with Crippen LogP contribution in [-0.2, 0) is 9.53 Å². The van der Waals surface area contributed by atoms with Crippen LogP contribution in [0.25, 0.3) is 6.08 Å². The Morgan fingerprint density at radius 3 is 2.84 bits per heavy atom. The number of hydrogen-bond donors (Lipinski definition) is 0. The lowest BCUT2D eigenvalue weighted by molar-refractivity contribution is -0.129. The van der Waals surface area contributed by atoms with Gasteiger partial charge >= 0.3 is 5.97 Å². The maximum Gasteiger partial charge on any atom is 0.363 e. The molecular weight excluding hydrogens is 338 g/mol. The first-order chi connectivity index (χ1) is 12.0. The molecule has 126 valence electrons. The molecule has 0 saturated carbocycles. The van der Waals surface area contributed by atoms with Crippen molar-refractivity contribution in [2.24, 2.45) is 4.99 Å². The van der Waals surface area contributed by atoms with Crippen LogP contribution in [0, 0.1) is 0 Å². The van der Waals surface area contributed by atoms with Gasteiger partial charge in [0.15, 0.2) is 5.70 Å². The molecule has 0 bridgehead atoms. The van der Waals surface area contributed by atoms with Crippen LogP contribution in [0.1, 0.15) is 18.1 Å². The van der Waals surface area contributed by atoms with Gasteiger partial charge in [-0.1, -0.05) is 42.4 Å². The van der Waals surface area contributed by atoms with E-state index in [1.54, 1.807) is 24.3 Å². The zero-order valence-corrected chi connectivity index (χ0v) is 14.4. The standard InChI is InChI=1S/C20H16ClNO3/c1-13(2)12-24-15-7-5-6-14(10-15)11-18-20(23)25-19(22-18)16-8-3-4-9-17(16)21/h3-11H,1,12H2,2H3. The SMILES string of the molecule is C=C(C)COc1cccc(C=C2N=C(c3ccccc3Cl)OC2=O)c1. The third-order valence-electron chi connectivity index (χ3n) is 3.37. The molecule has 0 spiro atoms. The number of hydrogen-bond acceptors (Lipinski definition) is 4. The average molecular weight is 354 g/mol. The topological polar surface area (TPSA) is 47.9 Å². The second-order valence-electron chi connectivity index (χ2n) is 5.63. The van der Waals surface area contributed by atoms with E-state index in [0.717, 1.165) is 11.1 Å². The molecule has 0 aromatic heterocycles. The van der Waals surface area contributed by atoms with Crippen LogP contribution in [-0.4, -0.2) is 18.5 Å². The molecular formula is C20H16ClNO3. The van der Waals surface area contributed by atoms with Gasteiger partial charge in [-0.2, -0.15) is 0 Å². The molecule has 0 amide bonds. The van der Waals surface area contributed by atoms with E-state index in [4.69, 9.17) is 21.1 Å². The molecule has 3 rings (SSSR count). The number of carbonyl (C=O) groups is 1. The summed E-state index contributed by atoms with van der Waals surface area (Å²) >= 11 is 6.13. The van der Waals surface area contributed by atoms with E-state index in [2.05, 4.69) is 11.6 Å². The van der Waals surface area contributed by atoms with Crippen LogP contribution in [0.5, 0.6) is 5.75 Å². The van der Waals surface area contributed by atoms with E-state index in [-0.39, 0.29) is 11.6 Å². The lowest BCUT2D eigenvalue weighted by Gasteiger charge is -2.06. The van der Waals surface area contributed by atoms with Crippen LogP contribution >= 0.6 is 11.6 Å². The quantitative estimate of drug-likeness (QED) is 0.447. The predicted octanol–water partition coefficient (Wildman–Crippen LogP) is 4.64. The Hall–Kier alpha value is -2.85. The predicted molar refractivity (Wildman–Crippen MR) is 98.8 cm³/mol. The van der Waals surface area contributed by atoms with Gasteiger partial charge in [-0.15, -0.1) is 0 Å². The number of esters is 1. The van der Waals surface area contributed by atoms with E-state index in [1.165, 1.54) is 0 Å². The third kappa shape index (κ3) is 4.17. The van der Waals surface area contributed by atoms with Crippen molar-refractivity contribution in [1.29, 1.82) is 0 Å². The average Bonchev–Trinajstić information content (AvgIpc) is 2.94. The van der Waals surface area contributed by atoms with Crippen LogP contribution < -0.4 is 4.74 Å². The van der Waals surface area contributed by atoms with Crippen molar-refractivity contribution in [3.63, 3.8) is 0 Å². The number of halogens is 1. The number of rotatable bonds is 5. The fraction of sp³-hybridized carbons (Fsp3) is 0.100. The Morgan fingerprint density at radius 2 is 2.08 bits per heavy atom. The summed E-state index contributed by atoms with van der Waals surface area (Å²) in [6.45, 7) is 6.14. The lowest BCUT2D eigenvalue weighted by atomic mass is 10.2. The van der Waals surface area contributed by atoms with Gasteiger partial charge < -0.3 is 9.47 Å². The van der Waals surface area contributed by atoms with Crippen LogP contribution in [0.15, 0.2) is 71.4 Å². The van der Waals surface area contributed by atoms with Gasteiger partial charge in [0.25, 0.3) is 0 Å². The number of nitrogens with zero attached hydrogens (tertiary/aromatic N) is 1. The Balaban J connectivity index is 1.86. The minimum absolute atomic E-state index is 0.205. The Morgan fingerprint density at radius 1 is 1.28 bits per heavy atom. The molecule has 0 aliphatic carbocycles. The van der Waals surface area contributed by atoms with Crippen molar-refractivity contribution >= 4 is 29.5 Å². The monoisotopic (exact) mass is 353 g/mol. The Labute approximate surface area is 151 Å². The van der Waals surface area contributed by atoms with Crippen LogP contribution in [0.2, 0.25) is 5.02 Å². The number of benzene rings is 2. The van der Waals surface area contributed by atoms with Gasteiger partial charge in [0.2, 0.25) is 5.90 Å². The summed E-state index contributed by atoms with van der Waals surface area (Å²) in [6.07, 6.45) is 1.65. The number of ether oxygens (including phenoxy) is 2. The van der Waals surface area contributed by atoms with Crippen LogP contribution in [0.4, 0.5) is 0 Å². The van der Waals surface area contributed by atoms with Crippen molar-refractivity contribution in [1.82, 2.24) is 0 Å². The minimum atomic E-state index is -0.511. The summed E-state index contributed by atoms with van der Waals surface area (Å²) in [7, 11) is 0. The molecule has 0 N–H and O–H groups in total. The van der Waals surface area contributed by atoms with Crippen molar-refractivity contribution in [3.05, 3.63) is 82.5 Å². The molecule has 25 heavy (non-hydrogen) atoms. The first-order valence-corrected chi connectivity index (χ1v) is 8.05. The van der Waals surface area contributed by atoms with Gasteiger partial charge in [-0.3, -0.25) is 0 Å². The van der Waals surface area contributed by atoms with Crippen molar-refractivity contribution in [3.8, 4) is 5.75 Å². The minimum Gasteiger partial charge on any atom is -0.489 e. The molecule has 1 aliphatic rings. The smallest absolute Gasteiger partial charge is 0.363 e. The van der Waals surface area contributed by atoms with Gasteiger partial charge in [-0.05, 0) is 48.4 Å². The molecule has 2 aromatic rings. The Bertz CT molecular complexity index is 899. The molecule has 1 heterocycles. The van der Waals surface area contributed by atoms with Crippen LogP contribution in [0.3, 0.4) is 0 Å². The zero-order valence-electron chi connectivity index (χ0n) is 13.7. The molecule has 0 radical (unpaired) electrons. The highest BCUT2D eigenvalue weighted by molar-refractivity contribution is 6.34. The first kappa shape index (κ1) is 17.0. The van der Waals surface area contributed by atoms with E-state index < -0.39 is 5.97 Å². The van der Waals surface area contributed by atoms with E-state index in [0.29, 0.717) is 22.9 Å². The number of aliphatic imine (C=N–C) groups is 1. The molecule has 0 fully saturated rings. The molecule has 0 saturated heterocycles. The van der Waals surface area contributed by atoms with E-state index in [9.17, 15) is 4.79 Å². The highest BCUT2D eigenvalue weighted by atomic mass is 35.5. The summed E-state index contributed by atoms with van der Waals surface area (Å²) in [6, 6.07) is 14.5. The summed E-state index contributed by atoms with van der Waals surface area (Å²) < 4.78 is 10.8. The summed E-state index contributed by atoms with van der Waals surface area (Å²) in [5.41, 5.74) is 2.51. The largest absolute Gasteiger partial charge is 0.489 e. The third-order valence-corrected chi connectivity index (χ3v) is 3.70. The van der Waals surface area contributed by atoms with Gasteiger partial charge in [0.05, 0.1) is 10.6 Å². The zero-order chi connectivity index (χ0) is 17.8. The fourth-order valence-electron chi connectivity index (χ4n) is 2.22. The normalized spacial score (nSPS) is 15.0. The first-order valence-electron chi connectivity index (χ1n) is 7.67. The molecule has 0 atom stereocenters. The molecule has 0 unspecified atom stereocenters. The van der Waals surface area contributed by atoms with Crippen molar-refractivity contribution in [2.45, 2.75) is 6.92 Å². The maximum absolute atomic E-state index is 12.1. The fourth-order valence-corrected chi connectivity index (χ4v) is 2.43. The van der Waals surface area contributed by atoms with E-state index >= 15 is 0 Å². The highest BCUT2D eigenvalue weighted by Crippen LogP contribution is 2.24. The summed E-state index contributed by atoms with van der Waals surface area (Å²) in [5, 5.41) is 0.477. The van der Waals surface area contributed by atoms with Gasteiger partial charge in [-0.25, -0.2) is 9.79 Å². The second kappa shape index (κ2) is 7.36. The van der Waals surface area contributed by atoms with Crippen molar-refractivity contribution in [2.75, 3.05) is 6.61 Å². The number of carbonyl (C=O) groups excluding carboxylic acids is 1. The van der Waals surface area contributed by atoms with Crippen molar-refractivity contribution < 1.29 is 14.3 Å². The van der Waals surface area contributed by atoms with Gasteiger partial charge in [0.1, 0.15) is 12.4 Å². The molecule has 5 heteroatoms. The summed E-state index contributed by atoms with van der Waals surface area (Å²) in [4.78, 5) is 16.3. The Kier molecular flexibility index (Phi) is 5.00. The molecule has 2 aromatic carbocycles. The summed E-state index contributed by atoms with van der Waals surface area (Å²) in [5.74, 6) is 0.388.